The highest BCUT2D eigenvalue weighted by atomic mass is 32.2. The van der Waals surface area contributed by atoms with E-state index in [-0.39, 0.29) is 0 Å². The fourth-order valence-corrected chi connectivity index (χ4v) is 2.30. The van der Waals surface area contributed by atoms with Gasteiger partial charge in [0.15, 0.2) is 0 Å². The van der Waals surface area contributed by atoms with Crippen LogP contribution in [0.25, 0.3) is 0 Å². The highest BCUT2D eigenvalue weighted by molar-refractivity contribution is 7.99. The average molecular weight is 249 g/mol. The smallest absolute Gasteiger partial charge is 0.137 e. The van der Waals surface area contributed by atoms with Crippen LogP contribution in [0.1, 0.15) is 5.56 Å². The van der Waals surface area contributed by atoms with Gasteiger partial charge in [0.25, 0.3) is 0 Å². The van der Waals surface area contributed by atoms with Crippen molar-refractivity contribution in [3.8, 4) is 0 Å². The number of nitrogens with zero attached hydrogens (tertiary/aromatic N) is 3. The van der Waals surface area contributed by atoms with Gasteiger partial charge in [-0.05, 0) is 17.7 Å². The molecule has 0 radical (unpaired) electrons. The van der Waals surface area contributed by atoms with E-state index in [4.69, 9.17) is 4.74 Å². The molecule has 0 bridgehead atoms. The van der Waals surface area contributed by atoms with Crippen LogP contribution >= 0.6 is 11.8 Å². The molecule has 0 spiro atoms. The van der Waals surface area contributed by atoms with Crippen molar-refractivity contribution in [2.75, 3.05) is 12.9 Å². The molecule has 1 aromatic heterocycles. The molecule has 0 aliphatic heterocycles. The number of hydrogen-bond acceptors (Lipinski definition) is 4. The molecule has 2 aromatic rings. The molecule has 1 aromatic carbocycles. The highest BCUT2D eigenvalue weighted by Gasteiger charge is 1.97. The second kappa shape index (κ2) is 6.42. The Morgan fingerprint density at radius 3 is 2.76 bits per heavy atom. The molecule has 0 N–H and O–H groups in total. The molecule has 5 heteroatoms. The Morgan fingerprint density at radius 2 is 2.12 bits per heavy atom. The maximum Gasteiger partial charge on any atom is 0.137 e. The van der Waals surface area contributed by atoms with E-state index in [9.17, 15) is 0 Å². The van der Waals surface area contributed by atoms with E-state index < -0.39 is 0 Å². The molecule has 90 valence electrons. The molecule has 17 heavy (non-hydrogen) atoms. The van der Waals surface area contributed by atoms with E-state index in [0.717, 1.165) is 12.3 Å². The summed E-state index contributed by atoms with van der Waals surface area (Å²) in [5, 5.41) is 4.06. The molecule has 1 heterocycles. The van der Waals surface area contributed by atoms with Crippen LogP contribution in [-0.2, 0) is 17.9 Å². The summed E-state index contributed by atoms with van der Waals surface area (Å²) in [5.41, 5.74) is 1.20. The second-order valence-electron chi connectivity index (χ2n) is 3.58. The van der Waals surface area contributed by atoms with Crippen LogP contribution in [-0.4, -0.2) is 27.6 Å². The van der Waals surface area contributed by atoms with Crippen molar-refractivity contribution in [2.45, 2.75) is 18.0 Å². The van der Waals surface area contributed by atoms with Crippen molar-refractivity contribution in [2.24, 2.45) is 0 Å². The summed E-state index contributed by atoms with van der Waals surface area (Å²) in [6.07, 6.45) is 3.30. The fraction of sp³-hybridized carbons (Fsp3) is 0.333. The zero-order chi connectivity index (χ0) is 11.9. The summed E-state index contributed by atoms with van der Waals surface area (Å²) in [6, 6.07) is 8.45. The van der Waals surface area contributed by atoms with Crippen molar-refractivity contribution >= 4 is 11.8 Å². The van der Waals surface area contributed by atoms with Gasteiger partial charge in [-0.25, -0.2) is 4.98 Å². The first kappa shape index (κ1) is 12.1. The second-order valence-corrected chi connectivity index (χ2v) is 4.75. The standard InChI is InChI=1S/C12H15N3OS/c1-16-8-11-2-4-12(5-3-11)17-7-6-15-10-13-9-14-15/h2-5,9-10H,6-8H2,1H3. The van der Waals surface area contributed by atoms with E-state index in [2.05, 4.69) is 34.3 Å². The Bertz CT molecular complexity index is 428. The largest absolute Gasteiger partial charge is 0.380 e. The normalized spacial score (nSPS) is 10.6. The molecule has 0 atom stereocenters. The van der Waals surface area contributed by atoms with E-state index in [1.54, 1.807) is 19.8 Å². The van der Waals surface area contributed by atoms with Crippen molar-refractivity contribution in [1.29, 1.82) is 0 Å². The SMILES string of the molecule is COCc1ccc(SCCn2cncn2)cc1. The average Bonchev–Trinajstić information content (AvgIpc) is 2.85. The van der Waals surface area contributed by atoms with Gasteiger partial charge in [0.05, 0.1) is 13.2 Å². The highest BCUT2D eigenvalue weighted by Crippen LogP contribution is 2.18. The summed E-state index contributed by atoms with van der Waals surface area (Å²) >= 11 is 1.82. The van der Waals surface area contributed by atoms with Gasteiger partial charge in [0, 0.05) is 17.8 Å². The van der Waals surface area contributed by atoms with E-state index in [0.29, 0.717) is 6.61 Å². The van der Waals surface area contributed by atoms with Crippen LogP contribution in [0.5, 0.6) is 0 Å². The van der Waals surface area contributed by atoms with Gasteiger partial charge < -0.3 is 4.74 Å². The third-order valence-corrected chi connectivity index (χ3v) is 3.28. The quantitative estimate of drug-likeness (QED) is 0.736. The van der Waals surface area contributed by atoms with Crippen molar-refractivity contribution in [1.82, 2.24) is 14.8 Å². The van der Waals surface area contributed by atoms with Crippen LogP contribution < -0.4 is 0 Å². The van der Waals surface area contributed by atoms with E-state index in [1.807, 2.05) is 16.4 Å². The minimum absolute atomic E-state index is 0.671. The Balaban J connectivity index is 1.79. The fourth-order valence-electron chi connectivity index (χ4n) is 1.45. The van der Waals surface area contributed by atoms with E-state index >= 15 is 0 Å². The molecule has 0 saturated heterocycles. The van der Waals surface area contributed by atoms with E-state index in [1.165, 1.54) is 10.5 Å². The summed E-state index contributed by atoms with van der Waals surface area (Å²) in [6.45, 7) is 1.55. The molecular formula is C12H15N3OS. The molecular weight excluding hydrogens is 234 g/mol. The zero-order valence-electron chi connectivity index (χ0n) is 9.74. The Hall–Kier alpha value is -1.33. The monoisotopic (exact) mass is 249 g/mol. The Kier molecular flexibility index (Phi) is 4.58. The maximum absolute atomic E-state index is 5.07. The van der Waals surface area contributed by atoms with Crippen molar-refractivity contribution < 1.29 is 4.74 Å². The third kappa shape index (κ3) is 3.87. The maximum atomic E-state index is 5.07. The summed E-state index contributed by atoms with van der Waals surface area (Å²) in [7, 11) is 1.71. The number of thioether (sulfide) groups is 1. The number of aromatic nitrogens is 3. The number of rotatable bonds is 6. The van der Waals surface area contributed by atoms with Gasteiger partial charge in [-0.2, -0.15) is 5.10 Å². The predicted octanol–water partition coefficient (Wildman–Crippen LogP) is 2.22. The molecule has 0 unspecified atom stereocenters. The molecule has 0 aliphatic rings. The summed E-state index contributed by atoms with van der Waals surface area (Å²) in [4.78, 5) is 5.18. The first-order valence-corrected chi connectivity index (χ1v) is 6.40. The molecule has 4 nitrogen and oxygen atoms in total. The van der Waals surface area contributed by atoms with Gasteiger partial charge in [0.2, 0.25) is 0 Å². The van der Waals surface area contributed by atoms with Crippen LogP contribution in [0.4, 0.5) is 0 Å². The predicted molar refractivity (Wildman–Crippen MR) is 67.9 cm³/mol. The van der Waals surface area contributed by atoms with Gasteiger partial charge in [-0.3, -0.25) is 4.68 Å². The summed E-state index contributed by atoms with van der Waals surface area (Å²) < 4.78 is 6.91. The lowest BCUT2D eigenvalue weighted by molar-refractivity contribution is 0.185. The molecule has 2 rings (SSSR count). The topological polar surface area (TPSA) is 39.9 Å². The van der Waals surface area contributed by atoms with Crippen LogP contribution in [0, 0.1) is 0 Å². The third-order valence-electron chi connectivity index (χ3n) is 2.29. The van der Waals surface area contributed by atoms with Gasteiger partial charge in [-0.15, -0.1) is 11.8 Å². The molecule has 0 saturated carbocycles. The first-order valence-electron chi connectivity index (χ1n) is 5.41. The molecule has 0 fully saturated rings. The lowest BCUT2D eigenvalue weighted by atomic mass is 10.2. The van der Waals surface area contributed by atoms with Gasteiger partial charge in [-0.1, -0.05) is 12.1 Å². The lowest BCUT2D eigenvalue weighted by Gasteiger charge is -2.03. The number of methoxy groups -OCH3 is 1. The van der Waals surface area contributed by atoms with Gasteiger partial charge >= 0.3 is 0 Å². The Morgan fingerprint density at radius 1 is 1.29 bits per heavy atom. The lowest BCUT2D eigenvalue weighted by Crippen LogP contribution is -2.00. The van der Waals surface area contributed by atoms with Crippen LogP contribution in [0.2, 0.25) is 0 Å². The van der Waals surface area contributed by atoms with Crippen molar-refractivity contribution in [3.05, 3.63) is 42.5 Å². The Labute approximate surface area is 105 Å². The van der Waals surface area contributed by atoms with Crippen molar-refractivity contribution in [3.63, 3.8) is 0 Å². The van der Waals surface area contributed by atoms with Crippen LogP contribution in [0.3, 0.4) is 0 Å². The number of benzene rings is 1. The minimum Gasteiger partial charge on any atom is -0.380 e. The number of hydrogen-bond donors (Lipinski definition) is 0. The molecule has 0 aliphatic carbocycles. The zero-order valence-corrected chi connectivity index (χ0v) is 10.6. The first-order chi connectivity index (χ1) is 8.38. The number of ether oxygens (including phenoxy) is 1. The summed E-state index contributed by atoms with van der Waals surface area (Å²) in [5.74, 6) is 0.993. The van der Waals surface area contributed by atoms with Gasteiger partial charge in [0.1, 0.15) is 12.7 Å². The minimum atomic E-state index is 0.671. The van der Waals surface area contributed by atoms with Crippen LogP contribution in [0.15, 0.2) is 41.8 Å². The number of aryl methyl sites for hydroxylation is 1. The molecule has 0 amide bonds.